The molecule has 0 atom stereocenters. The second-order valence-electron chi connectivity index (χ2n) is 4.00. The van der Waals surface area contributed by atoms with E-state index in [4.69, 9.17) is 0 Å². The zero-order valence-corrected chi connectivity index (χ0v) is 11.9. The third-order valence-electron chi connectivity index (χ3n) is 2.54. The minimum Gasteiger partial charge on any atom is -0.357 e. The molecule has 0 saturated heterocycles. The number of imidazole rings is 1. The van der Waals surface area contributed by atoms with Crippen molar-refractivity contribution in [2.45, 2.75) is 20.0 Å². The first-order chi connectivity index (χ1) is 9.38. The lowest BCUT2D eigenvalue weighted by Gasteiger charge is -2.11. The van der Waals surface area contributed by atoms with Crippen LogP contribution in [0.1, 0.15) is 11.8 Å². The predicted molar refractivity (Wildman–Crippen MR) is 79.4 cm³/mol. The van der Waals surface area contributed by atoms with E-state index in [1.807, 2.05) is 17.1 Å². The predicted octanol–water partition coefficient (Wildman–Crippen LogP) is 1.70. The van der Waals surface area contributed by atoms with Crippen LogP contribution >= 0.6 is 11.3 Å². The summed E-state index contributed by atoms with van der Waals surface area (Å²) in [5, 5.41) is 8.63. The third-order valence-corrected chi connectivity index (χ3v) is 3.40. The molecule has 0 radical (unpaired) electrons. The van der Waals surface area contributed by atoms with Gasteiger partial charge in [-0.3, -0.25) is 0 Å². The first-order valence-electron chi connectivity index (χ1n) is 6.39. The van der Waals surface area contributed by atoms with Crippen LogP contribution in [0.15, 0.2) is 41.2 Å². The van der Waals surface area contributed by atoms with Gasteiger partial charge in [-0.25, -0.2) is 9.98 Å². The minimum atomic E-state index is 0.720. The maximum atomic E-state index is 4.55. The van der Waals surface area contributed by atoms with Crippen LogP contribution in [-0.2, 0) is 13.1 Å². The highest BCUT2D eigenvalue weighted by Crippen LogP contribution is 2.09. The van der Waals surface area contributed by atoms with Gasteiger partial charge < -0.3 is 15.2 Å². The fourth-order valence-corrected chi connectivity index (χ4v) is 2.25. The molecule has 0 fully saturated rings. The molecule has 0 aliphatic rings. The van der Waals surface area contributed by atoms with Crippen LogP contribution in [0.5, 0.6) is 0 Å². The van der Waals surface area contributed by atoms with E-state index in [-0.39, 0.29) is 0 Å². The summed E-state index contributed by atoms with van der Waals surface area (Å²) in [5.41, 5.74) is 0. The number of guanidine groups is 1. The maximum Gasteiger partial charge on any atom is 0.191 e. The topological polar surface area (TPSA) is 54.2 Å². The Hall–Kier alpha value is -1.82. The number of aliphatic imine (C=N–C) groups is 1. The summed E-state index contributed by atoms with van der Waals surface area (Å²) in [6.07, 6.45) is 5.56. The Morgan fingerprint density at radius 1 is 1.47 bits per heavy atom. The molecule has 0 aliphatic heterocycles. The van der Waals surface area contributed by atoms with E-state index in [9.17, 15) is 0 Å². The van der Waals surface area contributed by atoms with Crippen LogP contribution < -0.4 is 10.6 Å². The van der Waals surface area contributed by atoms with Gasteiger partial charge in [-0.1, -0.05) is 6.07 Å². The Kier molecular flexibility index (Phi) is 5.43. The summed E-state index contributed by atoms with van der Waals surface area (Å²) in [6, 6.07) is 4.15. The molecule has 2 N–H and O–H groups in total. The largest absolute Gasteiger partial charge is 0.357 e. The van der Waals surface area contributed by atoms with E-state index in [0.717, 1.165) is 32.1 Å². The van der Waals surface area contributed by atoms with E-state index in [0.29, 0.717) is 0 Å². The van der Waals surface area contributed by atoms with E-state index < -0.39 is 0 Å². The van der Waals surface area contributed by atoms with Crippen molar-refractivity contribution in [1.29, 1.82) is 0 Å². The van der Waals surface area contributed by atoms with Crippen LogP contribution in [-0.4, -0.2) is 28.6 Å². The van der Waals surface area contributed by atoms with Crippen molar-refractivity contribution in [3.05, 3.63) is 41.1 Å². The van der Waals surface area contributed by atoms with Gasteiger partial charge in [0.1, 0.15) is 0 Å². The number of rotatable bonds is 6. The van der Waals surface area contributed by atoms with Gasteiger partial charge in [0.2, 0.25) is 0 Å². The molecule has 0 saturated carbocycles. The number of aromatic nitrogens is 2. The highest BCUT2D eigenvalue weighted by molar-refractivity contribution is 7.09. The summed E-state index contributed by atoms with van der Waals surface area (Å²) < 4.78 is 2.04. The fraction of sp³-hybridized carbons (Fsp3) is 0.385. The first kappa shape index (κ1) is 13.6. The number of nitrogens with zero attached hydrogens (tertiary/aromatic N) is 3. The lowest BCUT2D eigenvalue weighted by atomic mass is 10.5. The maximum absolute atomic E-state index is 4.55. The molecular weight excluding hydrogens is 258 g/mol. The summed E-state index contributed by atoms with van der Waals surface area (Å²) in [6.45, 7) is 5.35. The van der Waals surface area contributed by atoms with Crippen molar-refractivity contribution in [3.63, 3.8) is 0 Å². The highest BCUT2D eigenvalue weighted by Gasteiger charge is 1.98. The van der Waals surface area contributed by atoms with Crippen molar-refractivity contribution < 1.29 is 0 Å². The van der Waals surface area contributed by atoms with Crippen LogP contribution in [0.3, 0.4) is 0 Å². The van der Waals surface area contributed by atoms with E-state index >= 15 is 0 Å². The van der Waals surface area contributed by atoms with Crippen molar-refractivity contribution in [2.75, 3.05) is 13.1 Å². The summed E-state index contributed by atoms with van der Waals surface area (Å²) in [7, 11) is 0. The van der Waals surface area contributed by atoms with Crippen LogP contribution in [0.2, 0.25) is 0 Å². The molecule has 2 aromatic heterocycles. The average Bonchev–Trinajstić information content (AvgIpc) is 3.09. The molecule has 0 aliphatic carbocycles. The quantitative estimate of drug-likeness (QED) is 0.624. The highest BCUT2D eigenvalue weighted by atomic mass is 32.1. The molecule has 2 heterocycles. The molecule has 0 spiro atoms. The van der Waals surface area contributed by atoms with Gasteiger partial charge in [0.25, 0.3) is 0 Å². The van der Waals surface area contributed by atoms with Crippen molar-refractivity contribution in [1.82, 2.24) is 20.2 Å². The molecule has 6 heteroatoms. The zero-order chi connectivity index (χ0) is 13.3. The Morgan fingerprint density at radius 3 is 3.11 bits per heavy atom. The lowest BCUT2D eigenvalue weighted by molar-refractivity contribution is 0.662. The summed E-state index contributed by atoms with van der Waals surface area (Å²) in [5.74, 6) is 0.857. The Balaban J connectivity index is 1.79. The SMILES string of the molecule is CCNC(=NCc1cccs1)NCCn1ccnc1. The van der Waals surface area contributed by atoms with Gasteiger partial charge in [-0.15, -0.1) is 11.3 Å². The van der Waals surface area contributed by atoms with E-state index in [1.165, 1.54) is 4.88 Å². The van der Waals surface area contributed by atoms with Gasteiger partial charge in [-0.2, -0.15) is 0 Å². The van der Waals surface area contributed by atoms with Crippen LogP contribution in [0.4, 0.5) is 0 Å². The molecule has 0 bridgehead atoms. The number of hydrogen-bond acceptors (Lipinski definition) is 3. The summed E-state index contributed by atoms with van der Waals surface area (Å²) in [4.78, 5) is 9.84. The lowest BCUT2D eigenvalue weighted by Crippen LogP contribution is -2.38. The van der Waals surface area contributed by atoms with Gasteiger partial charge >= 0.3 is 0 Å². The minimum absolute atomic E-state index is 0.720. The van der Waals surface area contributed by atoms with Gasteiger partial charge in [0, 0.05) is 36.9 Å². The van der Waals surface area contributed by atoms with Crippen molar-refractivity contribution >= 4 is 17.3 Å². The van der Waals surface area contributed by atoms with Gasteiger partial charge in [0.05, 0.1) is 12.9 Å². The monoisotopic (exact) mass is 277 g/mol. The normalized spacial score (nSPS) is 11.5. The average molecular weight is 277 g/mol. The van der Waals surface area contributed by atoms with Crippen molar-refractivity contribution in [3.8, 4) is 0 Å². The first-order valence-corrected chi connectivity index (χ1v) is 7.26. The standard InChI is InChI=1S/C13H19N5S/c1-2-15-13(17-10-12-4-3-9-19-12)16-6-8-18-7-5-14-11-18/h3-5,7,9,11H,2,6,8,10H2,1H3,(H2,15,16,17). The molecule has 0 unspecified atom stereocenters. The fourth-order valence-electron chi connectivity index (χ4n) is 1.62. The molecule has 102 valence electrons. The molecule has 0 aromatic carbocycles. The number of nitrogens with one attached hydrogen (secondary N) is 2. The smallest absolute Gasteiger partial charge is 0.191 e. The second-order valence-corrected chi connectivity index (χ2v) is 5.03. The van der Waals surface area contributed by atoms with Gasteiger partial charge in [-0.05, 0) is 18.4 Å². The zero-order valence-electron chi connectivity index (χ0n) is 11.0. The molecule has 19 heavy (non-hydrogen) atoms. The Labute approximate surface area is 117 Å². The molecule has 0 amide bonds. The van der Waals surface area contributed by atoms with Crippen LogP contribution in [0.25, 0.3) is 0 Å². The second kappa shape index (κ2) is 7.58. The van der Waals surface area contributed by atoms with E-state index in [1.54, 1.807) is 17.5 Å². The van der Waals surface area contributed by atoms with Gasteiger partial charge in [0.15, 0.2) is 5.96 Å². The molecular formula is C13H19N5S. The summed E-state index contributed by atoms with van der Waals surface area (Å²) >= 11 is 1.73. The molecule has 2 aromatic rings. The Bertz CT molecular complexity index is 475. The number of hydrogen-bond donors (Lipinski definition) is 2. The number of thiophene rings is 1. The van der Waals surface area contributed by atoms with Crippen LogP contribution in [0, 0.1) is 0 Å². The Morgan fingerprint density at radius 2 is 2.42 bits per heavy atom. The third kappa shape index (κ3) is 4.75. The van der Waals surface area contributed by atoms with E-state index in [2.05, 4.69) is 45.0 Å². The van der Waals surface area contributed by atoms with Crippen molar-refractivity contribution in [2.24, 2.45) is 4.99 Å². The molecule has 2 rings (SSSR count). The molecule has 5 nitrogen and oxygen atoms in total.